The van der Waals surface area contributed by atoms with Crippen molar-refractivity contribution in [1.29, 1.82) is 0 Å². The molecule has 0 aliphatic heterocycles. The van der Waals surface area contributed by atoms with E-state index in [-0.39, 0.29) is 0 Å². The zero-order chi connectivity index (χ0) is 14.5. The highest BCUT2D eigenvalue weighted by molar-refractivity contribution is 5.39. The van der Waals surface area contributed by atoms with Crippen LogP contribution in [0.1, 0.15) is 29.9 Å². The SMILES string of the molecule is COCCNCCCNCC1C2CCc3ccccc3C21. The minimum atomic E-state index is 0.804. The van der Waals surface area contributed by atoms with Crippen LogP contribution in [-0.2, 0) is 11.2 Å². The molecule has 0 aromatic heterocycles. The van der Waals surface area contributed by atoms with Gasteiger partial charge in [-0.15, -0.1) is 0 Å². The molecule has 3 atom stereocenters. The van der Waals surface area contributed by atoms with E-state index in [0.29, 0.717) is 0 Å². The topological polar surface area (TPSA) is 33.3 Å². The van der Waals surface area contributed by atoms with E-state index in [1.165, 1.54) is 25.8 Å². The summed E-state index contributed by atoms with van der Waals surface area (Å²) in [6.07, 6.45) is 3.88. The van der Waals surface area contributed by atoms with Crippen LogP contribution in [0, 0.1) is 11.8 Å². The Kier molecular flexibility index (Phi) is 5.28. The first-order valence-corrected chi connectivity index (χ1v) is 8.40. The first-order chi connectivity index (χ1) is 10.4. The second kappa shape index (κ2) is 7.39. The summed E-state index contributed by atoms with van der Waals surface area (Å²) >= 11 is 0. The Balaban J connectivity index is 1.32. The number of nitrogens with one attached hydrogen (secondary N) is 2. The van der Waals surface area contributed by atoms with Crippen molar-refractivity contribution in [2.45, 2.75) is 25.2 Å². The van der Waals surface area contributed by atoms with Crippen LogP contribution in [0.15, 0.2) is 24.3 Å². The predicted octanol–water partition coefficient (Wildman–Crippen LogP) is 2.18. The molecule has 1 fully saturated rings. The molecule has 3 unspecified atom stereocenters. The van der Waals surface area contributed by atoms with Crippen molar-refractivity contribution in [2.75, 3.05) is 39.9 Å². The molecule has 0 heterocycles. The average molecular weight is 288 g/mol. The van der Waals surface area contributed by atoms with Crippen LogP contribution in [0.3, 0.4) is 0 Å². The van der Waals surface area contributed by atoms with Crippen molar-refractivity contribution >= 4 is 0 Å². The van der Waals surface area contributed by atoms with E-state index in [1.54, 1.807) is 18.2 Å². The third-order valence-corrected chi connectivity index (χ3v) is 5.06. The lowest BCUT2D eigenvalue weighted by atomic mass is 9.92. The molecule has 3 rings (SSSR count). The molecule has 3 nitrogen and oxygen atoms in total. The zero-order valence-corrected chi connectivity index (χ0v) is 13.1. The van der Waals surface area contributed by atoms with Crippen molar-refractivity contribution in [3.8, 4) is 0 Å². The van der Waals surface area contributed by atoms with E-state index >= 15 is 0 Å². The van der Waals surface area contributed by atoms with Gasteiger partial charge in [0.15, 0.2) is 0 Å². The number of ether oxygens (including phenoxy) is 1. The number of benzene rings is 1. The molecule has 0 spiro atoms. The first-order valence-electron chi connectivity index (χ1n) is 8.40. The van der Waals surface area contributed by atoms with E-state index in [1.807, 2.05) is 0 Å². The maximum absolute atomic E-state index is 5.01. The monoisotopic (exact) mass is 288 g/mol. The normalized spacial score (nSPS) is 26.2. The number of rotatable bonds is 9. The third kappa shape index (κ3) is 3.65. The summed E-state index contributed by atoms with van der Waals surface area (Å²) in [6.45, 7) is 5.16. The maximum atomic E-state index is 5.01. The highest BCUT2D eigenvalue weighted by atomic mass is 16.5. The van der Waals surface area contributed by atoms with E-state index in [2.05, 4.69) is 34.9 Å². The Morgan fingerprint density at radius 1 is 1.14 bits per heavy atom. The molecule has 2 aliphatic carbocycles. The number of methoxy groups -OCH3 is 1. The zero-order valence-electron chi connectivity index (χ0n) is 13.1. The van der Waals surface area contributed by atoms with Crippen LogP contribution in [0.5, 0.6) is 0 Å². The van der Waals surface area contributed by atoms with Gasteiger partial charge in [0.2, 0.25) is 0 Å². The number of fused-ring (bicyclic) bond motifs is 3. The summed E-state index contributed by atoms with van der Waals surface area (Å²) in [4.78, 5) is 0. The van der Waals surface area contributed by atoms with Gasteiger partial charge >= 0.3 is 0 Å². The summed E-state index contributed by atoms with van der Waals surface area (Å²) in [6, 6.07) is 9.06. The van der Waals surface area contributed by atoms with E-state index in [0.717, 1.165) is 44.0 Å². The molecule has 0 saturated heterocycles. The maximum Gasteiger partial charge on any atom is 0.0587 e. The second-order valence-electron chi connectivity index (χ2n) is 6.39. The van der Waals surface area contributed by atoms with Crippen LogP contribution in [0.25, 0.3) is 0 Å². The van der Waals surface area contributed by atoms with Crippen LogP contribution in [0.4, 0.5) is 0 Å². The molecular weight excluding hydrogens is 260 g/mol. The minimum absolute atomic E-state index is 0.804. The molecule has 1 aromatic carbocycles. The predicted molar refractivity (Wildman–Crippen MR) is 86.7 cm³/mol. The number of hydrogen-bond donors (Lipinski definition) is 2. The summed E-state index contributed by atoms with van der Waals surface area (Å²) in [5, 5.41) is 7.04. The second-order valence-corrected chi connectivity index (χ2v) is 6.39. The van der Waals surface area contributed by atoms with Gasteiger partial charge in [-0.1, -0.05) is 24.3 Å². The fraction of sp³-hybridized carbons (Fsp3) is 0.667. The van der Waals surface area contributed by atoms with Crippen molar-refractivity contribution in [2.24, 2.45) is 11.8 Å². The van der Waals surface area contributed by atoms with Crippen LogP contribution in [-0.4, -0.2) is 39.9 Å². The van der Waals surface area contributed by atoms with Gasteiger partial charge in [0, 0.05) is 13.7 Å². The van der Waals surface area contributed by atoms with Gasteiger partial charge in [0.25, 0.3) is 0 Å². The van der Waals surface area contributed by atoms with Gasteiger partial charge in [-0.25, -0.2) is 0 Å². The highest BCUT2D eigenvalue weighted by Gasteiger charge is 2.52. The molecule has 3 heteroatoms. The first kappa shape index (κ1) is 15.0. The number of hydrogen-bond acceptors (Lipinski definition) is 3. The van der Waals surface area contributed by atoms with Gasteiger partial charge in [0.05, 0.1) is 6.61 Å². The summed E-state index contributed by atoms with van der Waals surface area (Å²) < 4.78 is 5.01. The molecule has 1 saturated carbocycles. The molecule has 2 N–H and O–H groups in total. The smallest absolute Gasteiger partial charge is 0.0587 e. The molecule has 0 radical (unpaired) electrons. The Hall–Kier alpha value is -0.900. The van der Waals surface area contributed by atoms with E-state index in [4.69, 9.17) is 4.74 Å². The number of aryl methyl sites for hydroxylation is 1. The lowest BCUT2D eigenvalue weighted by molar-refractivity contribution is 0.199. The van der Waals surface area contributed by atoms with E-state index < -0.39 is 0 Å². The average Bonchev–Trinajstić information content (AvgIpc) is 3.24. The highest BCUT2D eigenvalue weighted by Crippen LogP contribution is 2.59. The quantitative estimate of drug-likeness (QED) is 0.683. The molecule has 2 aliphatic rings. The Morgan fingerprint density at radius 2 is 2.00 bits per heavy atom. The Morgan fingerprint density at radius 3 is 2.90 bits per heavy atom. The fourth-order valence-corrected chi connectivity index (χ4v) is 3.89. The van der Waals surface area contributed by atoms with E-state index in [9.17, 15) is 0 Å². The van der Waals surface area contributed by atoms with Gasteiger partial charge in [-0.05, 0) is 67.8 Å². The fourth-order valence-electron chi connectivity index (χ4n) is 3.89. The lowest BCUT2D eigenvalue weighted by Crippen LogP contribution is -2.25. The molecular formula is C18H28N2O. The van der Waals surface area contributed by atoms with Crippen molar-refractivity contribution < 1.29 is 4.74 Å². The van der Waals surface area contributed by atoms with Crippen LogP contribution < -0.4 is 10.6 Å². The van der Waals surface area contributed by atoms with Gasteiger partial charge < -0.3 is 15.4 Å². The van der Waals surface area contributed by atoms with Crippen LogP contribution in [0.2, 0.25) is 0 Å². The summed E-state index contributed by atoms with van der Waals surface area (Å²) in [5.74, 6) is 2.68. The summed E-state index contributed by atoms with van der Waals surface area (Å²) in [7, 11) is 1.75. The third-order valence-electron chi connectivity index (χ3n) is 5.06. The standard InChI is InChI=1S/C18H28N2O/c1-21-12-11-19-9-4-10-20-13-17-16-8-7-14-5-2-3-6-15(14)18(16)17/h2-3,5-6,16-20H,4,7-13H2,1H3. The van der Waals surface area contributed by atoms with Crippen molar-refractivity contribution in [3.05, 3.63) is 35.4 Å². The summed E-state index contributed by atoms with van der Waals surface area (Å²) in [5.41, 5.74) is 3.24. The van der Waals surface area contributed by atoms with Crippen molar-refractivity contribution in [1.82, 2.24) is 10.6 Å². The molecule has 116 valence electrons. The lowest BCUT2D eigenvalue weighted by Gasteiger charge is -2.13. The van der Waals surface area contributed by atoms with Gasteiger partial charge in [0.1, 0.15) is 0 Å². The Bertz CT molecular complexity index is 449. The van der Waals surface area contributed by atoms with Crippen molar-refractivity contribution in [3.63, 3.8) is 0 Å². The van der Waals surface area contributed by atoms with Crippen LogP contribution >= 0.6 is 0 Å². The van der Waals surface area contributed by atoms with Gasteiger partial charge in [-0.3, -0.25) is 0 Å². The molecule has 21 heavy (non-hydrogen) atoms. The molecule has 0 bridgehead atoms. The van der Waals surface area contributed by atoms with Gasteiger partial charge in [-0.2, -0.15) is 0 Å². The molecule has 0 amide bonds. The largest absolute Gasteiger partial charge is 0.383 e. The molecule has 1 aromatic rings. The minimum Gasteiger partial charge on any atom is -0.383 e. The Labute approximate surface area is 128 Å².